The van der Waals surface area contributed by atoms with Crippen molar-refractivity contribution in [3.63, 3.8) is 0 Å². The number of rotatable bonds is 3. The van der Waals surface area contributed by atoms with E-state index in [1.807, 2.05) is 0 Å². The van der Waals surface area contributed by atoms with Crippen LogP contribution < -0.4 is 5.32 Å². The van der Waals surface area contributed by atoms with Gasteiger partial charge >= 0.3 is 5.97 Å². The third kappa shape index (κ3) is 2.47. The Hall–Kier alpha value is -1.42. The van der Waals surface area contributed by atoms with Gasteiger partial charge in [0.05, 0.1) is 12.5 Å². The summed E-state index contributed by atoms with van der Waals surface area (Å²) in [5.74, 6) is -0.914. The van der Waals surface area contributed by atoms with E-state index in [-0.39, 0.29) is 23.6 Å². The van der Waals surface area contributed by atoms with Crippen LogP contribution in [0.2, 0.25) is 0 Å². The minimum absolute atomic E-state index is 0.129. The average molecular weight is 237 g/mol. The van der Waals surface area contributed by atoms with E-state index >= 15 is 0 Å². The summed E-state index contributed by atoms with van der Waals surface area (Å²) in [6.45, 7) is 3.31. The van der Waals surface area contributed by atoms with Crippen molar-refractivity contribution in [2.24, 2.45) is 5.92 Å². The van der Waals surface area contributed by atoms with Crippen molar-refractivity contribution in [3.8, 4) is 0 Å². The van der Waals surface area contributed by atoms with E-state index in [0.29, 0.717) is 25.3 Å². The van der Waals surface area contributed by atoms with Crippen LogP contribution in [-0.2, 0) is 9.53 Å². The van der Waals surface area contributed by atoms with Crippen LogP contribution in [0.3, 0.4) is 0 Å². The standard InChI is InChI=1S/C13H16FNO2/c1-2-17-13(16)11-8-15-7-10(11)9-5-3-4-6-12(9)14/h3-6,10-11,15H,2,7-8H2,1H3/t10-,11+/m0/s1. The van der Waals surface area contributed by atoms with Gasteiger partial charge < -0.3 is 10.1 Å². The zero-order valence-corrected chi connectivity index (χ0v) is 9.78. The van der Waals surface area contributed by atoms with E-state index in [2.05, 4.69) is 5.32 Å². The third-order valence-electron chi connectivity index (χ3n) is 3.11. The summed E-state index contributed by atoms with van der Waals surface area (Å²) in [4.78, 5) is 11.8. The molecule has 0 aliphatic carbocycles. The molecule has 0 aromatic heterocycles. The van der Waals surface area contributed by atoms with Crippen molar-refractivity contribution < 1.29 is 13.9 Å². The largest absolute Gasteiger partial charge is 0.466 e. The summed E-state index contributed by atoms with van der Waals surface area (Å²) in [6, 6.07) is 6.61. The summed E-state index contributed by atoms with van der Waals surface area (Å²) >= 11 is 0. The molecule has 1 heterocycles. The number of halogens is 1. The number of carbonyl (C=O) groups excluding carboxylic acids is 1. The van der Waals surface area contributed by atoms with Gasteiger partial charge in [0.2, 0.25) is 0 Å². The van der Waals surface area contributed by atoms with Gasteiger partial charge in [-0.1, -0.05) is 18.2 Å². The van der Waals surface area contributed by atoms with Crippen molar-refractivity contribution in [1.82, 2.24) is 5.32 Å². The Morgan fingerprint density at radius 1 is 1.47 bits per heavy atom. The van der Waals surface area contributed by atoms with Crippen LogP contribution in [0.15, 0.2) is 24.3 Å². The number of ether oxygens (including phenoxy) is 1. The van der Waals surface area contributed by atoms with E-state index in [0.717, 1.165) is 0 Å². The Balaban J connectivity index is 2.20. The first kappa shape index (κ1) is 12.0. The predicted octanol–water partition coefficient (Wildman–Crippen LogP) is 1.69. The van der Waals surface area contributed by atoms with Gasteiger partial charge in [-0.3, -0.25) is 4.79 Å². The molecule has 1 aliphatic heterocycles. The van der Waals surface area contributed by atoms with Crippen molar-refractivity contribution in [2.45, 2.75) is 12.8 Å². The molecule has 92 valence electrons. The highest BCUT2D eigenvalue weighted by atomic mass is 19.1. The first-order chi connectivity index (χ1) is 8.24. The SMILES string of the molecule is CCOC(=O)[C@@H]1CNC[C@H]1c1ccccc1F. The Labute approximate surface area is 100.0 Å². The van der Waals surface area contributed by atoms with Crippen LogP contribution in [0.5, 0.6) is 0 Å². The van der Waals surface area contributed by atoms with E-state index < -0.39 is 0 Å². The summed E-state index contributed by atoms with van der Waals surface area (Å²) < 4.78 is 18.7. The molecular weight excluding hydrogens is 221 g/mol. The van der Waals surface area contributed by atoms with Gasteiger partial charge in [0.1, 0.15) is 5.82 Å². The second kappa shape index (κ2) is 5.27. The minimum atomic E-state index is -0.285. The molecule has 1 saturated heterocycles. The first-order valence-electron chi connectivity index (χ1n) is 5.85. The van der Waals surface area contributed by atoms with Gasteiger partial charge in [-0.25, -0.2) is 4.39 Å². The third-order valence-corrected chi connectivity index (χ3v) is 3.11. The van der Waals surface area contributed by atoms with Gasteiger partial charge in [0, 0.05) is 19.0 Å². The predicted molar refractivity (Wildman–Crippen MR) is 62.1 cm³/mol. The molecule has 1 fully saturated rings. The molecule has 0 amide bonds. The molecule has 1 aromatic carbocycles. The number of benzene rings is 1. The lowest BCUT2D eigenvalue weighted by Gasteiger charge is -2.17. The van der Waals surface area contributed by atoms with E-state index in [1.165, 1.54) is 6.07 Å². The fourth-order valence-electron chi connectivity index (χ4n) is 2.28. The molecule has 2 atom stereocenters. The fraction of sp³-hybridized carbons (Fsp3) is 0.462. The van der Waals surface area contributed by atoms with Gasteiger partial charge in [-0.05, 0) is 18.6 Å². The number of carbonyl (C=O) groups is 1. The maximum Gasteiger partial charge on any atom is 0.310 e. The van der Waals surface area contributed by atoms with Crippen LogP contribution >= 0.6 is 0 Å². The molecular formula is C13H16FNO2. The lowest BCUT2D eigenvalue weighted by molar-refractivity contribution is -0.147. The van der Waals surface area contributed by atoms with E-state index in [1.54, 1.807) is 25.1 Å². The zero-order chi connectivity index (χ0) is 12.3. The Morgan fingerprint density at radius 2 is 2.24 bits per heavy atom. The smallest absolute Gasteiger partial charge is 0.310 e. The Morgan fingerprint density at radius 3 is 2.94 bits per heavy atom. The average Bonchev–Trinajstić information content (AvgIpc) is 2.79. The van der Waals surface area contributed by atoms with Gasteiger partial charge in [0.25, 0.3) is 0 Å². The summed E-state index contributed by atoms with van der Waals surface area (Å²) in [5.41, 5.74) is 0.593. The molecule has 17 heavy (non-hydrogen) atoms. The first-order valence-corrected chi connectivity index (χ1v) is 5.85. The second-order valence-corrected chi connectivity index (χ2v) is 4.14. The fourth-order valence-corrected chi connectivity index (χ4v) is 2.28. The van der Waals surface area contributed by atoms with Crippen LogP contribution in [0, 0.1) is 11.7 Å². The normalized spacial score (nSPS) is 23.6. The molecule has 1 aromatic rings. The molecule has 0 radical (unpaired) electrons. The van der Waals surface area contributed by atoms with E-state index in [9.17, 15) is 9.18 Å². The highest BCUT2D eigenvalue weighted by Crippen LogP contribution is 2.30. The maximum absolute atomic E-state index is 13.7. The zero-order valence-electron chi connectivity index (χ0n) is 9.78. The van der Waals surface area contributed by atoms with E-state index in [4.69, 9.17) is 4.74 Å². The molecule has 0 bridgehead atoms. The number of hydrogen-bond donors (Lipinski definition) is 1. The molecule has 0 unspecified atom stereocenters. The Kier molecular flexibility index (Phi) is 3.74. The molecule has 1 N–H and O–H groups in total. The summed E-state index contributed by atoms with van der Waals surface area (Å²) in [7, 11) is 0. The van der Waals surface area contributed by atoms with Crippen LogP contribution in [-0.4, -0.2) is 25.7 Å². The number of hydrogen-bond acceptors (Lipinski definition) is 3. The molecule has 0 saturated carbocycles. The van der Waals surface area contributed by atoms with Crippen LogP contribution in [0.4, 0.5) is 4.39 Å². The summed E-state index contributed by atoms with van der Waals surface area (Å²) in [6.07, 6.45) is 0. The molecule has 0 spiro atoms. The molecule has 1 aliphatic rings. The van der Waals surface area contributed by atoms with Gasteiger partial charge in [0.15, 0.2) is 0 Å². The highest BCUT2D eigenvalue weighted by Gasteiger charge is 2.36. The van der Waals surface area contributed by atoms with Crippen molar-refractivity contribution in [2.75, 3.05) is 19.7 Å². The molecule has 2 rings (SSSR count). The molecule has 4 heteroatoms. The lowest BCUT2D eigenvalue weighted by atomic mass is 9.88. The highest BCUT2D eigenvalue weighted by molar-refractivity contribution is 5.74. The second-order valence-electron chi connectivity index (χ2n) is 4.14. The monoisotopic (exact) mass is 237 g/mol. The van der Waals surface area contributed by atoms with Crippen molar-refractivity contribution in [3.05, 3.63) is 35.6 Å². The van der Waals surface area contributed by atoms with Crippen molar-refractivity contribution >= 4 is 5.97 Å². The van der Waals surface area contributed by atoms with Crippen molar-refractivity contribution in [1.29, 1.82) is 0 Å². The van der Waals surface area contributed by atoms with Crippen LogP contribution in [0.1, 0.15) is 18.4 Å². The topological polar surface area (TPSA) is 38.3 Å². The lowest BCUT2D eigenvalue weighted by Crippen LogP contribution is -2.24. The summed E-state index contributed by atoms with van der Waals surface area (Å²) in [5, 5.41) is 3.12. The minimum Gasteiger partial charge on any atom is -0.466 e. The Bertz CT molecular complexity index is 408. The maximum atomic E-state index is 13.7. The molecule has 3 nitrogen and oxygen atoms in total. The number of esters is 1. The number of nitrogens with one attached hydrogen (secondary N) is 1. The quantitative estimate of drug-likeness (QED) is 0.813. The van der Waals surface area contributed by atoms with Crippen LogP contribution in [0.25, 0.3) is 0 Å². The van der Waals surface area contributed by atoms with Gasteiger partial charge in [-0.2, -0.15) is 0 Å². The van der Waals surface area contributed by atoms with Gasteiger partial charge in [-0.15, -0.1) is 0 Å².